The van der Waals surface area contributed by atoms with Gasteiger partial charge in [0.2, 0.25) is 0 Å². The monoisotopic (exact) mass is 700 g/mol. The molecule has 1 aliphatic carbocycles. The van der Waals surface area contributed by atoms with Crippen LogP contribution in [-0.4, -0.2) is 9.97 Å². The Morgan fingerprint density at radius 3 is 1.27 bits per heavy atom. The van der Waals surface area contributed by atoms with Gasteiger partial charge in [-0.2, -0.15) is 0 Å². The first-order chi connectivity index (χ1) is 27.3. The molecule has 0 unspecified atom stereocenters. The van der Waals surface area contributed by atoms with Gasteiger partial charge in [-0.1, -0.05) is 206 Å². The molecule has 0 N–H and O–H groups in total. The molecule has 0 bridgehead atoms. The van der Waals surface area contributed by atoms with Crippen LogP contribution in [0.1, 0.15) is 22.3 Å². The Bertz CT molecular complexity index is 2720. The van der Waals surface area contributed by atoms with E-state index in [1.54, 1.807) is 0 Å². The van der Waals surface area contributed by atoms with E-state index in [2.05, 4.69) is 206 Å². The molecular formula is C53H36N2. The minimum Gasteiger partial charge on any atom is -0.228 e. The van der Waals surface area contributed by atoms with Gasteiger partial charge in [0.05, 0.1) is 16.8 Å². The van der Waals surface area contributed by atoms with Crippen molar-refractivity contribution in [1.29, 1.82) is 0 Å². The zero-order valence-electron chi connectivity index (χ0n) is 30.2. The van der Waals surface area contributed by atoms with E-state index in [-0.39, 0.29) is 0 Å². The summed E-state index contributed by atoms with van der Waals surface area (Å²) < 4.78 is 0. The second-order valence-electron chi connectivity index (χ2n) is 14.1. The van der Waals surface area contributed by atoms with Crippen LogP contribution < -0.4 is 0 Å². The number of benzene rings is 8. The zero-order valence-corrected chi connectivity index (χ0v) is 30.2. The summed E-state index contributed by atoms with van der Waals surface area (Å²) in [7, 11) is 0. The van der Waals surface area contributed by atoms with Crippen molar-refractivity contribution in [1.82, 2.24) is 9.97 Å². The van der Waals surface area contributed by atoms with Gasteiger partial charge >= 0.3 is 0 Å². The van der Waals surface area contributed by atoms with E-state index in [0.29, 0.717) is 5.82 Å². The van der Waals surface area contributed by atoms with E-state index in [0.717, 1.165) is 33.6 Å². The normalized spacial score (nSPS) is 12.5. The van der Waals surface area contributed by atoms with Crippen molar-refractivity contribution in [3.63, 3.8) is 0 Å². The van der Waals surface area contributed by atoms with Gasteiger partial charge in [0, 0.05) is 16.7 Å². The van der Waals surface area contributed by atoms with Gasteiger partial charge in [-0.3, -0.25) is 0 Å². The Hall–Kier alpha value is -7.16. The third-order valence-corrected chi connectivity index (χ3v) is 11.0. The fraction of sp³-hybridized carbons (Fsp3) is 0.0189. The molecule has 55 heavy (non-hydrogen) atoms. The third-order valence-electron chi connectivity index (χ3n) is 11.0. The first-order valence-electron chi connectivity index (χ1n) is 18.8. The molecule has 8 aromatic carbocycles. The van der Waals surface area contributed by atoms with Crippen molar-refractivity contribution in [2.24, 2.45) is 0 Å². The quantitative estimate of drug-likeness (QED) is 0.165. The van der Waals surface area contributed by atoms with E-state index >= 15 is 0 Å². The molecule has 0 saturated carbocycles. The maximum atomic E-state index is 5.14. The Kier molecular flexibility index (Phi) is 8.08. The van der Waals surface area contributed by atoms with Crippen LogP contribution in [0.15, 0.2) is 218 Å². The molecule has 1 aromatic heterocycles. The summed E-state index contributed by atoms with van der Waals surface area (Å²) in [5.41, 5.74) is 16.9. The highest BCUT2D eigenvalue weighted by Crippen LogP contribution is 2.56. The van der Waals surface area contributed by atoms with E-state index in [1.165, 1.54) is 50.1 Å². The number of hydrogen-bond donors (Lipinski definition) is 0. The number of nitrogens with zero attached hydrogens (tertiary/aromatic N) is 2. The maximum absolute atomic E-state index is 5.14. The topological polar surface area (TPSA) is 25.8 Å². The highest BCUT2D eigenvalue weighted by molar-refractivity contribution is 5.89. The Morgan fingerprint density at radius 2 is 0.673 bits per heavy atom. The van der Waals surface area contributed by atoms with Crippen molar-refractivity contribution in [2.75, 3.05) is 0 Å². The molecule has 2 nitrogen and oxygen atoms in total. The van der Waals surface area contributed by atoms with Gasteiger partial charge in [0.15, 0.2) is 5.82 Å². The van der Waals surface area contributed by atoms with Crippen molar-refractivity contribution >= 4 is 0 Å². The molecule has 1 heterocycles. The minimum absolute atomic E-state index is 0.403. The molecule has 10 rings (SSSR count). The van der Waals surface area contributed by atoms with Crippen LogP contribution >= 0.6 is 0 Å². The maximum Gasteiger partial charge on any atom is 0.160 e. The fourth-order valence-corrected chi connectivity index (χ4v) is 8.39. The van der Waals surface area contributed by atoms with Gasteiger partial charge in [-0.15, -0.1) is 0 Å². The molecule has 0 atom stereocenters. The summed E-state index contributed by atoms with van der Waals surface area (Å²) in [6.07, 6.45) is 0. The van der Waals surface area contributed by atoms with E-state index in [4.69, 9.17) is 9.97 Å². The van der Waals surface area contributed by atoms with Gasteiger partial charge in [-0.25, -0.2) is 9.97 Å². The van der Waals surface area contributed by atoms with Crippen molar-refractivity contribution in [3.8, 4) is 67.3 Å². The molecule has 2 heteroatoms. The van der Waals surface area contributed by atoms with E-state index in [9.17, 15) is 0 Å². The Balaban J connectivity index is 1.04. The predicted molar refractivity (Wildman–Crippen MR) is 227 cm³/mol. The molecular weight excluding hydrogens is 665 g/mol. The van der Waals surface area contributed by atoms with Crippen LogP contribution in [0.4, 0.5) is 0 Å². The van der Waals surface area contributed by atoms with Gasteiger partial charge in [0.1, 0.15) is 0 Å². The molecule has 0 amide bonds. The number of rotatable bonds is 7. The molecule has 0 saturated heterocycles. The first kappa shape index (κ1) is 32.5. The van der Waals surface area contributed by atoms with Crippen molar-refractivity contribution < 1.29 is 0 Å². The Morgan fingerprint density at radius 1 is 0.273 bits per heavy atom. The molecule has 1 aliphatic rings. The van der Waals surface area contributed by atoms with Crippen LogP contribution in [0, 0.1) is 0 Å². The minimum atomic E-state index is -0.403. The van der Waals surface area contributed by atoms with Crippen LogP contribution in [0.2, 0.25) is 0 Å². The highest BCUT2D eigenvalue weighted by Gasteiger charge is 2.45. The lowest BCUT2D eigenvalue weighted by Crippen LogP contribution is -2.28. The summed E-state index contributed by atoms with van der Waals surface area (Å²) in [6.45, 7) is 0. The average Bonchev–Trinajstić information content (AvgIpc) is 3.58. The highest BCUT2D eigenvalue weighted by atomic mass is 14.9. The second-order valence-corrected chi connectivity index (χ2v) is 14.1. The van der Waals surface area contributed by atoms with Gasteiger partial charge < -0.3 is 0 Å². The van der Waals surface area contributed by atoms with Crippen molar-refractivity contribution in [3.05, 3.63) is 241 Å². The summed E-state index contributed by atoms with van der Waals surface area (Å²) >= 11 is 0. The first-order valence-corrected chi connectivity index (χ1v) is 18.8. The smallest absolute Gasteiger partial charge is 0.160 e. The molecule has 0 aliphatic heterocycles. The van der Waals surface area contributed by atoms with Crippen molar-refractivity contribution in [2.45, 2.75) is 5.41 Å². The van der Waals surface area contributed by atoms with Crippen LogP contribution in [0.5, 0.6) is 0 Å². The summed E-state index contributed by atoms with van der Waals surface area (Å²) in [5.74, 6) is 0.706. The second kappa shape index (κ2) is 13.7. The van der Waals surface area contributed by atoms with E-state index in [1.807, 2.05) is 12.1 Å². The SMILES string of the molecule is c1ccc(-c2ccc(-c3nc(-c4ccccc4)cc(-c4ccc(-c5ccc6c(c5)-c5ccccc5C6(c5ccccc5)c5ccccc5)cc4)n3)cc2)cc1. The zero-order chi connectivity index (χ0) is 36.6. The lowest BCUT2D eigenvalue weighted by molar-refractivity contribution is 0.768. The number of fused-ring (bicyclic) bond motifs is 3. The molecule has 258 valence electrons. The number of hydrogen-bond acceptors (Lipinski definition) is 2. The third kappa shape index (κ3) is 5.67. The predicted octanol–water partition coefficient (Wildman–Crippen LogP) is 13.2. The summed E-state index contributed by atoms with van der Waals surface area (Å²) in [6, 6.07) is 78.1. The summed E-state index contributed by atoms with van der Waals surface area (Å²) in [4.78, 5) is 10.2. The molecule has 0 radical (unpaired) electrons. The molecule has 9 aromatic rings. The van der Waals surface area contributed by atoms with E-state index < -0.39 is 5.41 Å². The van der Waals surface area contributed by atoms with Crippen LogP contribution in [0.25, 0.3) is 67.3 Å². The lowest BCUT2D eigenvalue weighted by Gasteiger charge is -2.33. The van der Waals surface area contributed by atoms with Gasteiger partial charge in [-0.05, 0) is 67.8 Å². The standard InChI is InChI=1S/C53H36N2/c1-5-15-37(16-6-1)38-27-31-42(32-28-38)52-54-50(40-17-7-2-8-18-40)36-51(55-52)41-29-25-39(26-30-41)43-33-34-49-47(35-43)46-23-13-14-24-48(46)53(49,44-19-9-3-10-20-44)45-21-11-4-12-22-45/h1-36H. The van der Waals surface area contributed by atoms with Crippen LogP contribution in [0.3, 0.4) is 0 Å². The van der Waals surface area contributed by atoms with Crippen LogP contribution in [-0.2, 0) is 5.41 Å². The summed E-state index contributed by atoms with van der Waals surface area (Å²) in [5, 5.41) is 0. The molecule has 0 fully saturated rings. The largest absolute Gasteiger partial charge is 0.228 e. The number of aromatic nitrogens is 2. The van der Waals surface area contributed by atoms with Gasteiger partial charge in [0.25, 0.3) is 0 Å². The lowest BCUT2D eigenvalue weighted by atomic mass is 9.67. The molecule has 0 spiro atoms. The fourth-order valence-electron chi connectivity index (χ4n) is 8.39. The average molecular weight is 701 g/mol. The Labute approximate surface area is 322 Å².